The lowest BCUT2D eigenvalue weighted by molar-refractivity contribution is -0.0629. The van der Waals surface area contributed by atoms with Crippen molar-refractivity contribution >= 4 is 11.8 Å². The molecule has 4 rings (SSSR count). The molecule has 0 aliphatic heterocycles. The standard InChI is InChI=1S/C18H34N2S/c1-3-20(4-2)5-6-21-13-17(19)18-10-14-7-15(11-18)9-16(8-14)12-18/h14-17H,3-13,19H2,1-2H3. The van der Waals surface area contributed by atoms with Gasteiger partial charge in [0.15, 0.2) is 0 Å². The van der Waals surface area contributed by atoms with Crippen LogP contribution in [0, 0.1) is 23.2 Å². The summed E-state index contributed by atoms with van der Waals surface area (Å²) in [6.45, 7) is 8.10. The molecule has 4 fully saturated rings. The number of hydrogen-bond acceptors (Lipinski definition) is 3. The van der Waals surface area contributed by atoms with E-state index in [9.17, 15) is 0 Å². The van der Waals surface area contributed by atoms with Crippen LogP contribution in [0.5, 0.6) is 0 Å². The Labute approximate surface area is 135 Å². The molecular formula is C18H34N2S. The van der Waals surface area contributed by atoms with E-state index in [4.69, 9.17) is 5.73 Å². The van der Waals surface area contributed by atoms with Crippen LogP contribution in [0.25, 0.3) is 0 Å². The molecule has 4 bridgehead atoms. The minimum absolute atomic E-state index is 0.451. The van der Waals surface area contributed by atoms with E-state index in [-0.39, 0.29) is 0 Å². The van der Waals surface area contributed by atoms with Gasteiger partial charge in [-0.05, 0) is 74.8 Å². The fourth-order valence-electron chi connectivity index (χ4n) is 5.75. The SMILES string of the molecule is CCN(CC)CCSCC(N)C12CC3CC(CC(C3)C1)C2. The van der Waals surface area contributed by atoms with Gasteiger partial charge in [-0.15, -0.1) is 0 Å². The van der Waals surface area contributed by atoms with Crippen LogP contribution in [0.2, 0.25) is 0 Å². The van der Waals surface area contributed by atoms with Crippen molar-refractivity contribution in [2.75, 3.05) is 31.1 Å². The second kappa shape index (κ2) is 6.80. The third kappa shape index (κ3) is 3.45. The molecule has 1 unspecified atom stereocenters. The molecule has 2 N–H and O–H groups in total. The summed E-state index contributed by atoms with van der Waals surface area (Å²) in [5.41, 5.74) is 7.26. The second-order valence-electron chi connectivity index (χ2n) is 7.99. The maximum absolute atomic E-state index is 6.72. The summed E-state index contributed by atoms with van der Waals surface area (Å²) in [7, 11) is 0. The van der Waals surface area contributed by atoms with Crippen LogP contribution in [0.4, 0.5) is 0 Å². The molecule has 0 saturated heterocycles. The van der Waals surface area contributed by atoms with E-state index in [1.807, 2.05) is 0 Å². The number of rotatable bonds is 8. The van der Waals surface area contributed by atoms with Crippen molar-refractivity contribution in [2.45, 2.75) is 58.4 Å². The van der Waals surface area contributed by atoms with Crippen LogP contribution in [-0.2, 0) is 0 Å². The van der Waals surface area contributed by atoms with E-state index in [0.29, 0.717) is 11.5 Å². The fraction of sp³-hybridized carbons (Fsp3) is 1.00. The smallest absolute Gasteiger partial charge is 0.0187 e. The Kier molecular flexibility index (Phi) is 5.23. The van der Waals surface area contributed by atoms with Crippen molar-refractivity contribution in [3.63, 3.8) is 0 Å². The summed E-state index contributed by atoms with van der Waals surface area (Å²) in [5.74, 6) is 5.53. The van der Waals surface area contributed by atoms with E-state index in [0.717, 1.165) is 17.8 Å². The molecule has 2 nitrogen and oxygen atoms in total. The molecule has 0 aromatic carbocycles. The first kappa shape index (κ1) is 16.1. The van der Waals surface area contributed by atoms with Gasteiger partial charge in [0.05, 0.1) is 0 Å². The van der Waals surface area contributed by atoms with Crippen LogP contribution in [0.15, 0.2) is 0 Å². The van der Waals surface area contributed by atoms with E-state index < -0.39 is 0 Å². The zero-order valence-electron chi connectivity index (χ0n) is 14.0. The van der Waals surface area contributed by atoms with Gasteiger partial charge in [-0.25, -0.2) is 0 Å². The third-order valence-electron chi connectivity index (χ3n) is 6.62. The summed E-state index contributed by atoms with van der Waals surface area (Å²) >= 11 is 2.10. The highest BCUT2D eigenvalue weighted by atomic mass is 32.2. The van der Waals surface area contributed by atoms with Crippen molar-refractivity contribution in [1.29, 1.82) is 0 Å². The van der Waals surface area contributed by atoms with Gasteiger partial charge in [-0.1, -0.05) is 13.8 Å². The van der Waals surface area contributed by atoms with E-state index >= 15 is 0 Å². The molecular weight excluding hydrogens is 276 g/mol. The van der Waals surface area contributed by atoms with Gasteiger partial charge in [0.1, 0.15) is 0 Å². The number of hydrogen-bond donors (Lipinski definition) is 1. The predicted molar refractivity (Wildman–Crippen MR) is 93.7 cm³/mol. The molecule has 3 heteroatoms. The Morgan fingerprint density at radius 2 is 1.57 bits per heavy atom. The number of thioether (sulfide) groups is 1. The van der Waals surface area contributed by atoms with Crippen LogP contribution >= 0.6 is 11.8 Å². The summed E-state index contributed by atoms with van der Waals surface area (Å²) in [6, 6.07) is 0.451. The Bertz CT molecular complexity index is 305. The van der Waals surface area contributed by atoms with Gasteiger partial charge >= 0.3 is 0 Å². The molecule has 1 atom stereocenters. The van der Waals surface area contributed by atoms with Crippen molar-refractivity contribution in [2.24, 2.45) is 28.9 Å². The lowest BCUT2D eigenvalue weighted by atomic mass is 9.48. The molecule has 0 amide bonds. The molecule has 0 aromatic heterocycles. The lowest BCUT2D eigenvalue weighted by Gasteiger charge is -2.59. The maximum Gasteiger partial charge on any atom is 0.0187 e. The summed E-state index contributed by atoms with van der Waals surface area (Å²) in [6.07, 6.45) is 8.95. The van der Waals surface area contributed by atoms with Crippen LogP contribution in [-0.4, -0.2) is 42.1 Å². The van der Waals surface area contributed by atoms with Gasteiger partial charge in [-0.3, -0.25) is 0 Å². The van der Waals surface area contributed by atoms with Crippen molar-refractivity contribution in [3.05, 3.63) is 0 Å². The molecule has 4 aliphatic carbocycles. The van der Waals surface area contributed by atoms with E-state index in [2.05, 4.69) is 30.5 Å². The van der Waals surface area contributed by atoms with Crippen molar-refractivity contribution < 1.29 is 0 Å². The van der Waals surface area contributed by atoms with E-state index in [1.165, 1.54) is 69.7 Å². The van der Waals surface area contributed by atoms with Crippen molar-refractivity contribution in [3.8, 4) is 0 Å². The minimum Gasteiger partial charge on any atom is -0.326 e. The molecule has 4 saturated carbocycles. The Morgan fingerprint density at radius 1 is 1.05 bits per heavy atom. The quantitative estimate of drug-likeness (QED) is 0.695. The maximum atomic E-state index is 6.72. The van der Waals surface area contributed by atoms with Gasteiger partial charge in [-0.2, -0.15) is 11.8 Å². The van der Waals surface area contributed by atoms with Gasteiger partial charge in [0.2, 0.25) is 0 Å². The summed E-state index contributed by atoms with van der Waals surface area (Å²) in [4.78, 5) is 2.52. The van der Waals surface area contributed by atoms with Gasteiger partial charge in [0.25, 0.3) is 0 Å². The summed E-state index contributed by atoms with van der Waals surface area (Å²) < 4.78 is 0. The highest BCUT2D eigenvalue weighted by molar-refractivity contribution is 7.99. The van der Waals surface area contributed by atoms with Crippen LogP contribution in [0.1, 0.15) is 52.4 Å². The monoisotopic (exact) mass is 310 g/mol. The third-order valence-corrected chi connectivity index (χ3v) is 7.68. The van der Waals surface area contributed by atoms with Crippen molar-refractivity contribution in [1.82, 2.24) is 4.90 Å². The first-order valence-electron chi connectivity index (χ1n) is 9.21. The first-order chi connectivity index (χ1) is 10.1. The fourth-order valence-corrected chi connectivity index (χ4v) is 6.91. The Hall–Kier alpha value is 0.270. The first-order valence-corrected chi connectivity index (χ1v) is 10.4. The zero-order chi connectivity index (χ0) is 14.9. The normalized spacial score (nSPS) is 39.1. The molecule has 21 heavy (non-hydrogen) atoms. The largest absolute Gasteiger partial charge is 0.326 e. The molecule has 0 heterocycles. The number of nitrogens with two attached hydrogens (primary N) is 1. The van der Waals surface area contributed by atoms with Gasteiger partial charge < -0.3 is 10.6 Å². The van der Waals surface area contributed by atoms with Crippen LogP contribution in [0.3, 0.4) is 0 Å². The topological polar surface area (TPSA) is 29.3 Å². The Morgan fingerprint density at radius 3 is 2.05 bits per heavy atom. The average molecular weight is 311 g/mol. The second-order valence-corrected chi connectivity index (χ2v) is 9.14. The molecule has 0 aromatic rings. The zero-order valence-corrected chi connectivity index (χ0v) is 14.8. The lowest BCUT2D eigenvalue weighted by Crippen LogP contribution is -2.55. The molecule has 4 aliphatic rings. The van der Waals surface area contributed by atoms with Crippen LogP contribution < -0.4 is 5.73 Å². The summed E-state index contributed by atoms with van der Waals surface area (Å²) in [5, 5.41) is 0. The molecule has 0 spiro atoms. The number of nitrogens with zero attached hydrogens (tertiary/aromatic N) is 1. The molecule has 122 valence electrons. The van der Waals surface area contributed by atoms with Gasteiger partial charge in [0, 0.05) is 24.1 Å². The Balaban J connectivity index is 1.46. The van der Waals surface area contributed by atoms with E-state index in [1.54, 1.807) is 0 Å². The highest BCUT2D eigenvalue weighted by Crippen LogP contribution is 2.61. The predicted octanol–water partition coefficient (Wildman–Crippen LogP) is 3.61. The minimum atomic E-state index is 0.451. The average Bonchev–Trinajstić information content (AvgIpc) is 2.46. The molecule has 0 radical (unpaired) electrons. The highest BCUT2D eigenvalue weighted by Gasteiger charge is 2.53.